The van der Waals surface area contributed by atoms with Gasteiger partial charge in [-0.25, -0.2) is 8.42 Å². The van der Waals surface area contributed by atoms with E-state index in [1.165, 1.54) is 6.07 Å². The van der Waals surface area contributed by atoms with Crippen LogP contribution in [-0.4, -0.2) is 25.2 Å². The molecule has 0 unspecified atom stereocenters. The first-order chi connectivity index (χ1) is 5.92. The van der Waals surface area contributed by atoms with Gasteiger partial charge in [-0.05, 0) is 28.1 Å². The van der Waals surface area contributed by atoms with Gasteiger partial charge in [0.15, 0.2) is 15.6 Å². The molecule has 0 saturated carbocycles. The number of thiophene rings is 1. The molecular formula is C6H5BrO4S2. The molecule has 0 aliphatic carbocycles. The van der Waals surface area contributed by atoms with Crippen molar-refractivity contribution in [1.29, 1.82) is 0 Å². The maximum atomic E-state index is 11.3. The van der Waals surface area contributed by atoms with Gasteiger partial charge in [-0.3, -0.25) is 4.79 Å². The Hall–Kier alpha value is -0.400. The number of rotatable bonds is 3. The van der Waals surface area contributed by atoms with E-state index in [0.29, 0.717) is 3.79 Å². The van der Waals surface area contributed by atoms with Crippen LogP contribution in [0.2, 0.25) is 0 Å². The molecule has 0 aromatic carbocycles. The quantitative estimate of drug-likeness (QED) is 0.910. The second-order valence-corrected chi connectivity index (χ2v) is 6.89. The van der Waals surface area contributed by atoms with E-state index in [1.807, 2.05) is 0 Å². The SMILES string of the molecule is O=C(O)CS(=O)(=O)c1ccc(Br)s1. The van der Waals surface area contributed by atoms with Crippen molar-refractivity contribution in [3.05, 3.63) is 15.9 Å². The minimum Gasteiger partial charge on any atom is -0.480 e. The van der Waals surface area contributed by atoms with Crippen molar-refractivity contribution < 1.29 is 18.3 Å². The normalized spacial score (nSPS) is 11.5. The fourth-order valence-electron chi connectivity index (χ4n) is 0.699. The number of sulfone groups is 1. The van der Waals surface area contributed by atoms with Crippen LogP contribution in [0.5, 0.6) is 0 Å². The van der Waals surface area contributed by atoms with Crippen molar-refractivity contribution in [1.82, 2.24) is 0 Å². The van der Waals surface area contributed by atoms with Gasteiger partial charge in [0, 0.05) is 0 Å². The molecule has 1 heterocycles. The highest BCUT2D eigenvalue weighted by molar-refractivity contribution is 9.11. The second-order valence-electron chi connectivity index (χ2n) is 2.21. The Kier molecular flexibility index (Phi) is 3.09. The summed E-state index contributed by atoms with van der Waals surface area (Å²) in [5.41, 5.74) is 0. The molecule has 0 saturated heterocycles. The van der Waals surface area contributed by atoms with Crippen LogP contribution in [0.1, 0.15) is 0 Å². The number of hydrogen-bond donors (Lipinski definition) is 1. The molecule has 72 valence electrons. The molecule has 0 aliphatic heterocycles. The van der Waals surface area contributed by atoms with Gasteiger partial charge in [-0.1, -0.05) is 0 Å². The van der Waals surface area contributed by atoms with Gasteiger partial charge >= 0.3 is 5.97 Å². The van der Waals surface area contributed by atoms with Crippen LogP contribution in [0.25, 0.3) is 0 Å². The summed E-state index contributed by atoms with van der Waals surface area (Å²) in [5.74, 6) is -2.20. The van der Waals surface area contributed by atoms with Crippen LogP contribution < -0.4 is 0 Å². The minimum absolute atomic E-state index is 0.0711. The summed E-state index contributed by atoms with van der Waals surface area (Å²) in [6.45, 7) is 0. The van der Waals surface area contributed by atoms with Gasteiger partial charge in [0.1, 0.15) is 4.21 Å². The molecular weight excluding hydrogens is 280 g/mol. The molecule has 0 atom stereocenters. The van der Waals surface area contributed by atoms with Crippen LogP contribution in [0, 0.1) is 0 Å². The third kappa shape index (κ3) is 2.78. The highest BCUT2D eigenvalue weighted by Gasteiger charge is 2.20. The molecule has 0 amide bonds. The van der Waals surface area contributed by atoms with Crippen LogP contribution in [0.15, 0.2) is 20.1 Å². The topological polar surface area (TPSA) is 71.4 Å². The Morgan fingerprint density at radius 2 is 2.15 bits per heavy atom. The average Bonchev–Trinajstić information content (AvgIpc) is 2.32. The van der Waals surface area contributed by atoms with Gasteiger partial charge in [-0.2, -0.15) is 0 Å². The molecule has 13 heavy (non-hydrogen) atoms. The summed E-state index contributed by atoms with van der Waals surface area (Å²) >= 11 is 4.10. The van der Waals surface area contributed by atoms with E-state index in [2.05, 4.69) is 15.9 Å². The first-order valence-corrected chi connectivity index (χ1v) is 6.38. The zero-order chi connectivity index (χ0) is 10.1. The highest BCUT2D eigenvalue weighted by atomic mass is 79.9. The lowest BCUT2D eigenvalue weighted by atomic mass is 10.7. The highest BCUT2D eigenvalue weighted by Crippen LogP contribution is 2.26. The maximum Gasteiger partial charge on any atom is 0.319 e. The number of halogens is 1. The summed E-state index contributed by atoms with van der Waals surface area (Å²) in [4.78, 5) is 10.2. The van der Waals surface area contributed by atoms with Gasteiger partial charge < -0.3 is 5.11 Å². The monoisotopic (exact) mass is 284 g/mol. The Labute approximate surface area is 87.3 Å². The average molecular weight is 285 g/mol. The second kappa shape index (κ2) is 3.77. The molecule has 0 spiro atoms. The smallest absolute Gasteiger partial charge is 0.319 e. The van der Waals surface area contributed by atoms with Crippen molar-refractivity contribution in [2.45, 2.75) is 4.21 Å². The molecule has 1 rings (SSSR count). The molecule has 0 bridgehead atoms. The summed E-state index contributed by atoms with van der Waals surface area (Å²) in [5, 5.41) is 8.33. The van der Waals surface area contributed by atoms with E-state index in [-0.39, 0.29) is 4.21 Å². The fraction of sp³-hybridized carbons (Fsp3) is 0.167. The zero-order valence-corrected chi connectivity index (χ0v) is 9.45. The summed E-state index contributed by atoms with van der Waals surface area (Å²) in [6, 6.07) is 2.95. The molecule has 0 aliphatic rings. The van der Waals surface area contributed by atoms with E-state index in [1.54, 1.807) is 6.07 Å². The lowest BCUT2D eigenvalue weighted by Crippen LogP contribution is -2.14. The third-order valence-electron chi connectivity index (χ3n) is 1.17. The van der Waals surface area contributed by atoms with Crippen LogP contribution in [0.4, 0.5) is 0 Å². The van der Waals surface area contributed by atoms with Crippen molar-refractivity contribution in [2.24, 2.45) is 0 Å². The summed E-state index contributed by atoms with van der Waals surface area (Å²) in [7, 11) is -3.65. The first-order valence-electron chi connectivity index (χ1n) is 3.12. The molecule has 0 fully saturated rings. The largest absolute Gasteiger partial charge is 0.480 e. The number of aliphatic carboxylic acids is 1. The molecule has 7 heteroatoms. The van der Waals surface area contributed by atoms with E-state index in [0.717, 1.165) is 11.3 Å². The minimum atomic E-state index is -3.65. The lowest BCUT2D eigenvalue weighted by molar-refractivity contribution is -0.134. The molecule has 0 radical (unpaired) electrons. The van der Waals surface area contributed by atoms with Crippen molar-refractivity contribution >= 4 is 43.1 Å². The number of carboxylic acids is 1. The van der Waals surface area contributed by atoms with E-state index in [4.69, 9.17) is 5.11 Å². The predicted octanol–water partition coefficient (Wildman–Crippen LogP) is 1.37. The van der Waals surface area contributed by atoms with Gasteiger partial charge in [0.05, 0.1) is 3.79 Å². The maximum absolute atomic E-state index is 11.3. The zero-order valence-electron chi connectivity index (χ0n) is 6.23. The fourth-order valence-corrected chi connectivity index (χ4v) is 3.84. The van der Waals surface area contributed by atoms with E-state index >= 15 is 0 Å². The summed E-state index contributed by atoms with van der Waals surface area (Å²) in [6.07, 6.45) is 0. The third-order valence-corrected chi connectivity index (χ3v) is 4.97. The van der Waals surface area contributed by atoms with E-state index < -0.39 is 21.6 Å². The van der Waals surface area contributed by atoms with Crippen molar-refractivity contribution in [3.63, 3.8) is 0 Å². The van der Waals surface area contributed by atoms with Crippen LogP contribution in [0.3, 0.4) is 0 Å². The summed E-state index contributed by atoms with van der Waals surface area (Å²) < 4.78 is 23.3. The molecule has 4 nitrogen and oxygen atoms in total. The number of carboxylic acid groups (broad SMARTS) is 1. The van der Waals surface area contributed by atoms with Gasteiger partial charge in [0.25, 0.3) is 0 Å². The molecule has 1 aromatic rings. The Morgan fingerprint density at radius 1 is 1.54 bits per heavy atom. The Morgan fingerprint density at radius 3 is 2.54 bits per heavy atom. The van der Waals surface area contributed by atoms with Crippen LogP contribution in [-0.2, 0) is 14.6 Å². The van der Waals surface area contributed by atoms with Gasteiger partial charge in [0.2, 0.25) is 0 Å². The van der Waals surface area contributed by atoms with Crippen molar-refractivity contribution in [3.8, 4) is 0 Å². The van der Waals surface area contributed by atoms with E-state index in [9.17, 15) is 13.2 Å². The predicted molar refractivity (Wildman–Crippen MR) is 51.7 cm³/mol. The first kappa shape index (κ1) is 10.7. The standard InChI is InChI=1S/C6H5BrO4S2/c7-4-1-2-6(12-4)13(10,11)3-5(8)9/h1-2H,3H2,(H,8,9). The van der Waals surface area contributed by atoms with Crippen molar-refractivity contribution in [2.75, 3.05) is 5.75 Å². The molecule has 1 aromatic heterocycles. The molecule has 1 N–H and O–H groups in total. The Bertz CT molecular complexity index is 420. The lowest BCUT2D eigenvalue weighted by Gasteiger charge is -1.95. The number of carbonyl (C=O) groups is 1. The van der Waals surface area contributed by atoms with Crippen LogP contribution >= 0.6 is 27.3 Å². The Balaban J connectivity index is 3.01. The number of hydrogen-bond acceptors (Lipinski definition) is 4. The van der Waals surface area contributed by atoms with Gasteiger partial charge in [-0.15, -0.1) is 11.3 Å².